The number of rotatable bonds is 3. The molecule has 4 heteroatoms. The fourth-order valence-corrected chi connectivity index (χ4v) is 0.970. The summed E-state index contributed by atoms with van der Waals surface area (Å²) in [6.45, 7) is -0.129. The third-order valence-electron chi connectivity index (χ3n) is 1.63. The van der Waals surface area contributed by atoms with Gasteiger partial charge in [0.15, 0.2) is 6.61 Å². The maximum atomic E-state index is 11.3. The maximum Gasteiger partial charge on any atom is 0.339 e. The molecule has 0 heterocycles. The lowest BCUT2D eigenvalue weighted by molar-refractivity contribution is 0.0557. The second-order valence-corrected chi connectivity index (χ2v) is 2.67. The van der Waals surface area contributed by atoms with Gasteiger partial charge in [-0.05, 0) is 18.2 Å². The predicted octanol–water partition coefficient (Wildman–Crippen LogP) is 1.17. The van der Waals surface area contributed by atoms with E-state index in [4.69, 9.17) is 11.5 Å². The smallest absolute Gasteiger partial charge is 0.339 e. The fourth-order valence-electron chi connectivity index (χ4n) is 0.970. The zero-order chi connectivity index (χ0) is 11.3. The molecule has 0 saturated heterocycles. The van der Waals surface area contributed by atoms with E-state index in [1.165, 1.54) is 24.3 Å². The van der Waals surface area contributed by atoms with Gasteiger partial charge in [0, 0.05) is 0 Å². The van der Waals surface area contributed by atoms with E-state index in [-0.39, 0.29) is 17.7 Å². The molecule has 0 saturated carbocycles. The molecule has 0 aliphatic heterocycles. The zero-order valence-corrected chi connectivity index (χ0v) is 7.77. The number of ether oxygens (including phenoxy) is 1. The second kappa shape index (κ2) is 4.82. The summed E-state index contributed by atoms with van der Waals surface area (Å²) in [5.41, 5.74) is 0.204. The number of carboxylic acids is 1. The van der Waals surface area contributed by atoms with Crippen molar-refractivity contribution < 1.29 is 19.4 Å². The van der Waals surface area contributed by atoms with E-state index < -0.39 is 11.9 Å². The number of hydrogen-bond acceptors (Lipinski definition) is 3. The first-order valence-electron chi connectivity index (χ1n) is 4.09. The minimum absolute atomic E-state index is 0.0326. The molecule has 1 rings (SSSR count). The van der Waals surface area contributed by atoms with Crippen molar-refractivity contribution in [2.24, 2.45) is 0 Å². The van der Waals surface area contributed by atoms with E-state index in [0.717, 1.165) is 0 Å². The van der Waals surface area contributed by atoms with Crippen LogP contribution in [0.4, 0.5) is 0 Å². The molecule has 0 amide bonds. The highest BCUT2D eigenvalue weighted by Gasteiger charge is 2.09. The lowest BCUT2D eigenvalue weighted by atomic mass is 10.1. The largest absolute Gasteiger partial charge is 0.478 e. The molecule has 0 unspecified atom stereocenters. The van der Waals surface area contributed by atoms with Gasteiger partial charge in [0.05, 0.1) is 11.1 Å². The lowest BCUT2D eigenvalue weighted by Gasteiger charge is -2.01. The van der Waals surface area contributed by atoms with Gasteiger partial charge < -0.3 is 9.84 Å². The van der Waals surface area contributed by atoms with E-state index in [2.05, 4.69) is 10.7 Å². The SMILES string of the molecule is C#CCOC(=O)c1cccc(C(=O)O)c1. The minimum Gasteiger partial charge on any atom is -0.478 e. The van der Waals surface area contributed by atoms with Gasteiger partial charge in [-0.2, -0.15) is 0 Å². The van der Waals surface area contributed by atoms with Gasteiger partial charge in [-0.3, -0.25) is 0 Å². The third kappa shape index (κ3) is 2.85. The number of aromatic carboxylic acids is 1. The summed E-state index contributed by atoms with van der Waals surface area (Å²) >= 11 is 0. The summed E-state index contributed by atoms with van der Waals surface area (Å²) in [6.07, 6.45) is 4.91. The molecule has 0 aliphatic carbocycles. The van der Waals surface area contributed by atoms with Crippen LogP contribution in [0.1, 0.15) is 20.7 Å². The summed E-state index contributed by atoms with van der Waals surface area (Å²) in [5.74, 6) is 0.422. The van der Waals surface area contributed by atoms with Crippen LogP contribution in [0.2, 0.25) is 0 Å². The van der Waals surface area contributed by atoms with E-state index in [9.17, 15) is 9.59 Å². The van der Waals surface area contributed by atoms with Crippen LogP contribution >= 0.6 is 0 Å². The van der Waals surface area contributed by atoms with Crippen LogP contribution in [-0.4, -0.2) is 23.7 Å². The Kier molecular flexibility index (Phi) is 3.47. The quantitative estimate of drug-likeness (QED) is 0.593. The molecule has 0 aliphatic rings. The Morgan fingerprint density at radius 2 is 2.07 bits per heavy atom. The van der Waals surface area contributed by atoms with Crippen molar-refractivity contribution in [2.45, 2.75) is 0 Å². The van der Waals surface area contributed by atoms with Gasteiger partial charge in [-0.15, -0.1) is 6.42 Å². The van der Waals surface area contributed by atoms with E-state index in [1.807, 2.05) is 0 Å². The van der Waals surface area contributed by atoms with Crippen molar-refractivity contribution >= 4 is 11.9 Å². The standard InChI is InChI=1S/C11H8O4/c1-2-6-15-11(14)9-5-3-4-8(7-9)10(12)13/h1,3-5,7H,6H2,(H,12,13). The Balaban J connectivity index is 2.86. The minimum atomic E-state index is -1.10. The van der Waals surface area contributed by atoms with Gasteiger partial charge in [-0.1, -0.05) is 12.0 Å². The van der Waals surface area contributed by atoms with Gasteiger partial charge in [0.2, 0.25) is 0 Å². The first-order valence-corrected chi connectivity index (χ1v) is 4.09. The molecular weight excluding hydrogens is 196 g/mol. The molecule has 1 aromatic carbocycles. The molecule has 15 heavy (non-hydrogen) atoms. The molecule has 1 N–H and O–H groups in total. The molecule has 0 aromatic heterocycles. The molecule has 0 fully saturated rings. The molecule has 4 nitrogen and oxygen atoms in total. The van der Waals surface area contributed by atoms with E-state index >= 15 is 0 Å². The Bertz CT molecular complexity index is 428. The van der Waals surface area contributed by atoms with E-state index in [1.54, 1.807) is 0 Å². The van der Waals surface area contributed by atoms with Crippen molar-refractivity contribution in [1.82, 2.24) is 0 Å². The highest BCUT2D eigenvalue weighted by atomic mass is 16.5. The monoisotopic (exact) mass is 204 g/mol. The zero-order valence-electron chi connectivity index (χ0n) is 7.77. The number of terminal acetylenes is 1. The molecule has 0 atom stereocenters. The van der Waals surface area contributed by atoms with Crippen molar-refractivity contribution in [3.8, 4) is 12.3 Å². The maximum absolute atomic E-state index is 11.3. The Labute approximate surface area is 86.5 Å². The summed E-state index contributed by atoms with van der Waals surface area (Å²) < 4.78 is 4.64. The lowest BCUT2D eigenvalue weighted by Crippen LogP contribution is -2.07. The van der Waals surface area contributed by atoms with Crippen LogP contribution < -0.4 is 0 Å². The highest BCUT2D eigenvalue weighted by Crippen LogP contribution is 2.06. The van der Waals surface area contributed by atoms with Crippen LogP contribution in [0.15, 0.2) is 24.3 Å². The number of hydrogen-bond donors (Lipinski definition) is 1. The van der Waals surface area contributed by atoms with Gasteiger partial charge >= 0.3 is 11.9 Å². The second-order valence-electron chi connectivity index (χ2n) is 2.67. The number of benzene rings is 1. The molecule has 1 aromatic rings. The van der Waals surface area contributed by atoms with Gasteiger partial charge in [0.25, 0.3) is 0 Å². The van der Waals surface area contributed by atoms with Crippen molar-refractivity contribution in [2.75, 3.05) is 6.61 Å². The molecule has 0 spiro atoms. The molecule has 0 radical (unpaired) electrons. The number of carbonyl (C=O) groups is 2. The predicted molar refractivity (Wildman–Crippen MR) is 52.5 cm³/mol. The van der Waals surface area contributed by atoms with Crippen LogP contribution in [0.5, 0.6) is 0 Å². The first-order chi connectivity index (χ1) is 7.15. The topological polar surface area (TPSA) is 63.6 Å². The summed E-state index contributed by atoms with van der Waals surface area (Å²) in [7, 11) is 0. The van der Waals surface area contributed by atoms with Crippen molar-refractivity contribution in [3.05, 3.63) is 35.4 Å². The Morgan fingerprint density at radius 3 is 2.67 bits per heavy atom. The molecule has 0 bridgehead atoms. The Hall–Kier alpha value is -2.28. The average Bonchev–Trinajstić information content (AvgIpc) is 2.26. The summed E-state index contributed by atoms with van der Waals surface area (Å²) in [4.78, 5) is 21.9. The normalized spacial score (nSPS) is 9.00. The number of carboxylic acid groups (broad SMARTS) is 1. The third-order valence-corrected chi connectivity index (χ3v) is 1.63. The molecule has 76 valence electrons. The van der Waals surface area contributed by atoms with Crippen molar-refractivity contribution in [3.63, 3.8) is 0 Å². The molecular formula is C11H8O4. The van der Waals surface area contributed by atoms with E-state index in [0.29, 0.717) is 0 Å². The van der Waals surface area contributed by atoms with Crippen LogP contribution in [0.3, 0.4) is 0 Å². The summed E-state index contributed by atoms with van der Waals surface area (Å²) in [5, 5.41) is 8.68. The van der Waals surface area contributed by atoms with Crippen molar-refractivity contribution in [1.29, 1.82) is 0 Å². The first kappa shape index (κ1) is 10.8. The van der Waals surface area contributed by atoms with Gasteiger partial charge in [-0.25, -0.2) is 9.59 Å². The fraction of sp³-hybridized carbons (Fsp3) is 0.0909. The van der Waals surface area contributed by atoms with Gasteiger partial charge in [0.1, 0.15) is 0 Å². The summed E-state index contributed by atoms with van der Waals surface area (Å²) in [6, 6.07) is 5.56. The highest BCUT2D eigenvalue weighted by molar-refractivity contribution is 5.94. The number of esters is 1. The number of carbonyl (C=O) groups excluding carboxylic acids is 1. The van der Waals surface area contributed by atoms with Crippen LogP contribution in [-0.2, 0) is 4.74 Å². The van der Waals surface area contributed by atoms with Crippen LogP contribution in [0.25, 0.3) is 0 Å². The Morgan fingerprint density at radius 1 is 1.40 bits per heavy atom. The van der Waals surface area contributed by atoms with Crippen LogP contribution in [0, 0.1) is 12.3 Å². The average molecular weight is 204 g/mol.